The number of nitrogens with zero attached hydrogens (tertiary/aromatic N) is 2. The van der Waals surface area contributed by atoms with E-state index in [1.165, 1.54) is 10.6 Å². The van der Waals surface area contributed by atoms with E-state index in [0.717, 1.165) is 12.8 Å². The molecule has 0 fully saturated rings. The topological polar surface area (TPSA) is 117 Å². The fraction of sp³-hybridized carbons (Fsp3) is 0.667. The highest BCUT2D eigenvalue weighted by Crippen LogP contribution is 2.11. The van der Waals surface area contributed by atoms with Crippen LogP contribution in [0.3, 0.4) is 0 Å². The zero-order chi connectivity index (χ0) is 20.1. The van der Waals surface area contributed by atoms with Crippen molar-refractivity contribution in [2.45, 2.75) is 51.0 Å². The van der Waals surface area contributed by atoms with Crippen molar-refractivity contribution in [3.63, 3.8) is 0 Å². The highest BCUT2D eigenvalue weighted by molar-refractivity contribution is 7.88. The predicted octanol–water partition coefficient (Wildman–Crippen LogP) is 1.90. The lowest BCUT2D eigenvalue weighted by Gasteiger charge is -2.20. The first-order valence-electron chi connectivity index (χ1n) is 9.17. The van der Waals surface area contributed by atoms with Crippen LogP contribution in [0.2, 0.25) is 0 Å². The molecule has 0 amide bonds. The van der Waals surface area contributed by atoms with Gasteiger partial charge in [-0.25, -0.2) is 12.7 Å². The normalized spacial score (nSPS) is 12.9. The molecule has 8 nitrogen and oxygen atoms in total. The van der Waals surface area contributed by atoms with Gasteiger partial charge >= 0.3 is 5.97 Å². The Bertz CT molecular complexity index is 639. The van der Waals surface area contributed by atoms with E-state index in [2.05, 4.69) is 4.98 Å². The molecule has 1 heterocycles. The van der Waals surface area contributed by atoms with Crippen LogP contribution in [0.15, 0.2) is 24.5 Å². The van der Waals surface area contributed by atoms with Crippen molar-refractivity contribution in [1.82, 2.24) is 9.29 Å². The van der Waals surface area contributed by atoms with Crippen LogP contribution in [0.5, 0.6) is 5.75 Å². The van der Waals surface area contributed by atoms with Gasteiger partial charge in [-0.1, -0.05) is 12.8 Å². The van der Waals surface area contributed by atoms with Crippen molar-refractivity contribution >= 4 is 16.0 Å². The van der Waals surface area contributed by atoms with Gasteiger partial charge in [0, 0.05) is 25.7 Å². The van der Waals surface area contributed by atoms with Crippen LogP contribution in [0.1, 0.15) is 44.9 Å². The number of carboxylic acid groups (broad SMARTS) is 1. The minimum atomic E-state index is -3.31. The number of pyridine rings is 1. The van der Waals surface area contributed by atoms with Crippen LogP contribution in [-0.2, 0) is 14.8 Å². The van der Waals surface area contributed by atoms with Gasteiger partial charge in [-0.15, -0.1) is 0 Å². The van der Waals surface area contributed by atoms with Crippen LogP contribution in [0.4, 0.5) is 0 Å². The molecule has 0 saturated carbocycles. The molecule has 0 bridgehead atoms. The molecule has 1 aromatic rings. The quantitative estimate of drug-likeness (QED) is 0.430. The van der Waals surface area contributed by atoms with E-state index in [1.54, 1.807) is 24.5 Å². The van der Waals surface area contributed by atoms with Gasteiger partial charge in [0.25, 0.3) is 0 Å². The Balaban J connectivity index is 2.24. The smallest absolute Gasteiger partial charge is 0.303 e. The summed E-state index contributed by atoms with van der Waals surface area (Å²) in [6.07, 6.45) is 7.68. The number of aliphatic hydroxyl groups is 1. The summed E-state index contributed by atoms with van der Waals surface area (Å²) >= 11 is 0. The van der Waals surface area contributed by atoms with Gasteiger partial charge in [0.2, 0.25) is 10.0 Å². The van der Waals surface area contributed by atoms with Crippen molar-refractivity contribution in [3.05, 3.63) is 24.5 Å². The second kappa shape index (κ2) is 12.6. The van der Waals surface area contributed by atoms with Gasteiger partial charge < -0.3 is 14.9 Å². The summed E-state index contributed by atoms with van der Waals surface area (Å²) in [4.78, 5) is 14.4. The number of hydrogen-bond acceptors (Lipinski definition) is 6. The Kier molecular flexibility index (Phi) is 10.9. The third kappa shape index (κ3) is 11.6. The van der Waals surface area contributed by atoms with E-state index in [9.17, 15) is 18.3 Å². The lowest BCUT2D eigenvalue weighted by Crippen LogP contribution is -2.32. The maximum absolute atomic E-state index is 11.9. The molecular formula is C18H30N2O6S. The Morgan fingerprint density at radius 1 is 1.22 bits per heavy atom. The molecule has 9 heteroatoms. The third-order valence-corrected chi connectivity index (χ3v) is 5.34. The van der Waals surface area contributed by atoms with Crippen LogP contribution in [-0.4, -0.2) is 65.9 Å². The van der Waals surface area contributed by atoms with Crippen molar-refractivity contribution in [1.29, 1.82) is 0 Å². The van der Waals surface area contributed by atoms with Crippen molar-refractivity contribution in [3.8, 4) is 5.75 Å². The number of carboxylic acids is 1. The molecule has 0 saturated heterocycles. The number of aromatic nitrogens is 1. The molecule has 0 aromatic carbocycles. The van der Waals surface area contributed by atoms with Crippen LogP contribution < -0.4 is 4.74 Å². The molecular weight excluding hydrogens is 372 g/mol. The van der Waals surface area contributed by atoms with Gasteiger partial charge in [0.1, 0.15) is 12.4 Å². The molecule has 27 heavy (non-hydrogen) atoms. The van der Waals surface area contributed by atoms with Crippen LogP contribution >= 0.6 is 0 Å². The van der Waals surface area contributed by atoms with Gasteiger partial charge in [-0.3, -0.25) is 9.78 Å². The maximum atomic E-state index is 11.9. The summed E-state index contributed by atoms with van der Waals surface area (Å²) in [7, 11) is -3.31. The minimum Gasteiger partial charge on any atom is -0.489 e. The first-order chi connectivity index (χ1) is 12.8. The fourth-order valence-corrected chi connectivity index (χ4v) is 3.49. The third-order valence-electron chi connectivity index (χ3n) is 4.04. The molecule has 0 aliphatic heterocycles. The first kappa shape index (κ1) is 23.3. The SMILES string of the molecule is CS(=O)(=O)N(CCCCCCC(=O)O)CCCC(O)COc1cccnc1. The van der Waals surface area contributed by atoms with Crippen LogP contribution in [0.25, 0.3) is 0 Å². The Morgan fingerprint density at radius 2 is 1.93 bits per heavy atom. The highest BCUT2D eigenvalue weighted by Gasteiger charge is 2.16. The monoisotopic (exact) mass is 402 g/mol. The highest BCUT2D eigenvalue weighted by atomic mass is 32.2. The zero-order valence-electron chi connectivity index (χ0n) is 15.8. The Morgan fingerprint density at radius 3 is 2.56 bits per heavy atom. The van der Waals surface area contributed by atoms with Gasteiger partial charge in [0.15, 0.2) is 0 Å². The Labute approximate surface area is 161 Å². The number of unbranched alkanes of at least 4 members (excludes halogenated alkanes) is 3. The second-order valence-electron chi connectivity index (χ2n) is 6.52. The van der Waals surface area contributed by atoms with E-state index in [-0.39, 0.29) is 13.0 Å². The van der Waals surface area contributed by atoms with Crippen molar-refractivity contribution in [2.24, 2.45) is 0 Å². The first-order valence-corrected chi connectivity index (χ1v) is 11.0. The predicted molar refractivity (Wildman–Crippen MR) is 102 cm³/mol. The number of rotatable bonds is 15. The van der Waals surface area contributed by atoms with Crippen molar-refractivity contribution in [2.75, 3.05) is 26.0 Å². The molecule has 0 aliphatic carbocycles. The lowest BCUT2D eigenvalue weighted by atomic mass is 10.1. The zero-order valence-corrected chi connectivity index (χ0v) is 16.6. The summed E-state index contributed by atoms with van der Waals surface area (Å²) in [5, 5.41) is 18.6. The second-order valence-corrected chi connectivity index (χ2v) is 8.50. The summed E-state index contributed by atoms with van der Waals surface area (Å²) in [5.74, 6) is -0.226. The molecule has 1 aromatic heterocycles. The molecule has 154 valence electrons. The number of carbonyl (C=O) groups is 1. The standard InChI is InChI=1S/C18H30N2O6S/c1-27(24,25)20(12-5-3-2-4-10-18(22)23)13-7-8-16(21)15-26-17-9-6-11-19-14-17/h6,9,11,14,16,21H,2-5,7-8,10,12-13,15H2,1H3,(H,22,23). The van der Waals surface area contributed by atoms with Crippen molar-refractivity contribution < 1.29 is 28.2 Å². The van der Waals surface area contributed by atoms with E-state index in [4.69, 9.17) is 9.84 Å². The molecule has 1 unspecified atom stereocenters. The number of aliphatic carboxylic acids is 1. The fourth-order valence-electron chi connectivity index (χ4n) is 2.57. The maximum Gasteiger partial charge on any atom is 0.303 e. The average Bonchev–Trinajstić information content (AvgIpc) is 2.61. The van der Waals surface area contributed by atoms with E-state index in [1.807, 2.05) is 0 Å². The molecule has 2 N–H and O–H groups in total. The molecule has 1 rings (SSSR count). The number of hydrogen-bond donors (Lipinski definition) is 2. The minimum absolute atomic E-state index is 0.133. The molecule has 0 aliphatic rings. The largest absolute Gasteiger partial charge is 0.489 e. The number of ether oxygens (including phenoxy) is 1. The summed E-state index contributed by atoms with van der Waals surface area (Å²) < 4.78 is 30.6. The summed E-state index contributed by atoms with van der Waals surface area (Å²) in [6.45, 7) is 0.889. The lowest BCUT2D eigenvalue weighted by molar-refractivity contribution is -0.137. The van der Waals surface area contributed by atoms with E-state index in [0.29, 0.717) is 44.5 Å². The van der Waals surface area contributed by atoms with Gasteiger partial charge in [0.05, 0.1) is 18.6 Å². The molecule has 1 atom stereocenters. The Hall–Kier alpha value is -1.71. The summed E-state index contributed by atoms with van der Waals surface area (Å²) in [6, 6.07) is 3.49. The molecule has 0 spiro atoms. The van der Waals surface area contributed by atoms with Gasteiger partial charge in [-0.2, -0.15) is 0 Å². The van der Waals surface area contributed by atoms with Crippen LogP contribution in [0, 0.1) is 0 Å². The molecule has 0 radical (unpaired) electrons. The number of sulfonamides is 1. The summed E-state index contributed by atoms with van der Waals surface area (Å²) in [5.41, 5.74) is 0. The van der Waals surface area contributed by atoms with E-state index < -0.39 is 22.1 Å². The average molecular weight is 403 g/mol. The van der Waals surface area contributed by atoms with Gasteiger partial charge in [-0.05, 0) is 37.8 Å². The number of aliphatic hydroxyl groups excluding tert-OH is 1. The van der Waals surface area contributed by atoms with E-state index >= 15 is 0 Å².